The molecule has 0 atom stereocenters. The molecule has 1 aliphatic carbocycles. The molecule has 130 valence electrons. The molecule has 0 radical (unpaired) electrons. The Hall–Kier alpha value is -2.82. The first-order valence-corrected chi connectivity index (χ1v) is 8.55. The van der Waals surface area contributed by atoms with Gasteiger partial charge in [-0.25, -0.2) is 4.79 Å². The van der Waals surface area contributed by atoms with Crippen molar-refractivity contribution in [1.82, 2.24) is 10.6 Å². The maximum atomic E-state index is 12.4. The first-order chi connectivity index (χ1) is 12.1. The summed E-state index contributed by atoms with van der Waals surface area (Å²) in [5.41, 5.74) is 7.94. The zero-order valence-electron chi connectivity index (χ0n) is 14.1. The van der Waals surface area contributed by atoms with Gasteiger partial charge in [-0.15, -0.1) is 0 Å². The van der Waals surface area contributed by atoms with Crippen LogP contribution in [0.2, 0.25) is 0 Å². The second-order valence-electron chi connectivity index (χ2n) is 6.60. The lowest BCUT2D eigenvalue weighted by Gasteiger charge is -2.42. The maximum Gasteiger partial charge on any atom is 0.312 e. The number of urea groups is 1. The Morgan fingerprint density at radius 1 is 0.960 bits per heavy atom. The Balaban J connectivity index is 1.59. The van der Waals surface area contributed by atoms with Crippen LogP contribution < -0.4 is 16.4 Å². The van der Waals surface area contributed by atoms with E-state index in [4.69, 9.17) is 5.73 Å². The molecule has 2 aromatic rings. The number of primary amides is 1. The van der Waals surface area contributed by atoms with Crippen molar-refractivity contribution in [3.05, 3.63) is 71.3 Å². The highest BCUT2D eigenvalue weighted by atomic mass is 16.2. The van der Waals surface area contributed by atoms with Gasteiger partial charge in [0.15, 0.2) is 0 Å². The average molecular weight is 337 g/mol. The summed E-state index contributed by atoms with van der Waals surface area (Å²) in [6.07, 6.45) is 3.41. The van der Waals surface area contributed by atoms with Crippen molar-refractivity contribution >= 4 is 11.9 Å². The van der Waals surface area contributed by atoms with Crippen LogP contribution in [0.5, 0.6) is 0 Å². The molecule has 0 bridgehead atoms. The number of hydrogen-bond acceptors (Lipinski definition) is 2. The standard InChI is InChI=1S/C20H23N3O2/c21-19(25)22-13-15-7-9-16(10-8-15)18(24)23-14-20(11-4-12-20)17-5-2-1-3-6-17/h1-3,5-10H,4,11-14H2,(H,23,24)(H3,21,22,25). The molecule has 0 unspecified atom stereocenters. The lowest BCUT2D eigenvalue weighted by Crippen LogP contribution is -2.45. The summed E-state index contributed by atoms with van der Waals surface area (Å²) in [4.78, 5) is 23.2. The third kappa shape index (κ3) is 3.99. The molecule has 5 heteroatoms. The second kappa shape index (κ2) is 7.38. The summed E-state index contributed by atoms with van der Waals surface area (Å²) in [5.74, 6) is -0.0726. The summed E-state index contributed by atoms with van der Waals surface area (Å²) in [6, 6.07) is 17.0. The van der Waals surface area contributed by atoms with Gasteiger partial charge in [-0.3, -0.25) is 4.79 Å². The van der Waals surface area contributed by atoms with E-state index < -0.39 is 6.03 Å². The number of nitrogens with one attached hydrogen (secondary N) is 2. The van der Waals surface area contributed by atoms with E-state index in [1.165, 1.54) is 12.0 Å². The van der Waals surface area contributed by atoms with Gasteiger partial charge < -0.3 is 16.4 Å². The van der Waals surface area contributed by atoms with Gasteiger partial charge in [-0.05, 0) is 36.1 Å². The van der Waals surface area contributed by atoms with Gasteiger partial charge in [-0.2, -0.15) is 0 Å². The lowest BCUT2D eigenvalue weighted by atomic mass is 9.64. The Labute approximate surface area is 147 Å². The zero-order valence-corrected chi connectivity index (χ0v) is 14.1. The van der Waals surface area contributed by atoms with Crippen LogP contribution in [-0.4, -0.2) is 18.5 Å². The van der Waals surface area contributed by atoms with E-state index in [-0.39, 0.29) is 11.3 Å². The quantitative estimate of drug-likeness (QED) is 0.757. The van der Waals surface area contributed by atoms with Crippen LogP contribution in [0.1, 0.15) is 40.7 Å². The van der Waals surface area contributed by atoms with E-state index in [9.17, 15) is 9.59 Å². The third-order valence-corrected chi connectivity index (χ3v) is 4.97. The van der Waals surface area contributed by atoms with Crippen LogP contribution in [0.25, 0.3) is 0 Å². The van der Waals surface area contributed by atoms with E-state index in [0.29, 0.717) is 18.7 Å². The Kier molecular flexibility index (Phi) is 5.03. The molecule has 1 aliphatic rings. The molecule has 1 fully saturated rings. The molecule has 4 N–H and O–H groups in total. The number of rotatable bonds is 6. The minimum atomic E-state index is -0.562. The van der Waals surface area contributed by atoms with E-state index in [0.717, 1.165) is 18.4 Å². The van der Waals surface area contributed by atoms with Crippen LogP contribution >= 0.6 is 0 Å². The first kappa shape index (κ1) is 17.0. The Bertz CT molecular complexity index is 737. The molecule has 3 amide bonds. The SMILES string of the molecule is NC(=O)NCc1ccc(C(=O)NCC2(c3ccccc3)CCC2)cc1. The van der Waals surface area contributed by atoms with E-state index in [1.54, 1.807) is 12.1 Å². The fourth-order valence-electron chi connectivity index (χ4n) is 3.28. The average Bonchev–Trinajstić information content (AvgIpc) is 2.60. The third-order valence-electron chi connectivity index (χ3n) is 4.97. The van der Waals surface area contributed by atoms with Crippen molar-refractivity contribution in [2.75, 3.05) is 6.54 Å². The summed E-state index contributed by atoms with van der Waals surface area (Å²) < 4.78 is 0. The number of hydrogen-bond donors (Lipinski definition) is 3. The fourth-order valence-corrected chi connectivity index (χ4v) is 3.28. The Morgan fingerprint density at radius 2 is 1.64 bits per heavy atom. The molecular weight excluding hydrogens is 314 g/mol. The molecule has 5 nitrogen and oxygen atoms in total. The van der Waals surface area contributed by atoms with Gasteiger partial charge in [0, 0.05) is 24.1 Å². The first-order valence-electron chi connectivity index (χ1n) is 8.55. The van der Waals surface area contributed by atoms with Crippen molar-refractivity contribution in [2.45, 2.75) is 31.2 Å². The minimum absolute atomic E-state index is 0.0717. The summed E-state index contributed by atoms with van der Waals surface area (Å²) in [6.45, 7) is 1.01. The van der Waals surface area contributed by atoms with E-state index in [2.05, 4.69) is 34.9 Å². The van der Waals surface area contributed by atoms with Crippen molar-refractivity contribution in [3.63, 3.8) is 0 Å². The van der Waals surface area contributed by atoms with Crippen molar-refractivity contribution in [2.24, 2.45) is 5.73 Å². The molecule has 0 saturated heterocycles. The van der Waals surface area contributed by atoms with E-state index >= 15 is 0 Å². The largest absolute Gasteiger partial charge is 0.352 e. The second-order valence-corrected chi connectivity index (χ2v) is 6.60. The van der Waals surface area contributed by atoms with Crippen LogP contribution in [0.15, 0.2) is 54.6 Å². The normalized spacial score (nSPS) is 15.0. The van der Waals surface area contributed by atoms with Gasteiger partial charge >= 0.3 is 6.03 Å². The molecule has 0 aliphatic heterocycles. The molecule has 0 aromatic heterocycles. The predicted molar refractivity (Wildman–Crippen MR) is 97.2 cm³/mol. The van der Waals surface area contributed by atoms with Crippen LogP contribution in [0.4, 0.5) is 4.79 Å². The maximum absolute atomic E-state index is 12.4. The monoisotopic (exact) mass is 337 g/mol. The van der Waals surface area contributed by atoms with Gasteiger partial charge in [-0.1, -0.05) is 48.9 Å². The topological polar surface area (TPSA) is 84.2 Å². The number of carbonyl (C=O) groups is 2. The zero-order chi connectivity index (χ0) is 17.7. The van der Waals surface area contributed by atoms with Crippen LogP contribution in [-0.2, 0) is 12.0 Å². The van der Waals surface area contributed by atoms with Crippen molar-refractivity contribution in [3.8, 4) is 0 Å². The van der Waals surface area contributed by atoms with E-state index in [1.807, 2.05) is 18.2 Å². The number of carbonyl (C=O) groups excluding carboxylic acids is 2. The van der Waals surface area contributed by atoms with Crippen molar-refractivity contribution < 1.29 is 9.59 Å². The summed E-state index contributed by atoms with van der Waals surface area (Å²) in [5, 5.41) is 5.61. The van der Waals surface area contributed by atoms with Gasteiger partial charge in [0.2, 0.25) is 0 Å². The highest BCUT2D eigenvalue weighted by Gasteiger charge is 2.38. The molecule has 0 spiro atoms. The predicted octanol–water partition coefficient (Wildman–Crippen LogP) is 2.71. The molecule has 0 heterocycles. The van der Waals surface area contributed by atoms with Crippen molar-refractivity contribution in [1.29, 1.82) is 0 Å². The molecule has 1 saturated carbocycles. The number of benzene rings is 2. The fraction of sp³-hybridized carbons (Fsp3) is 0.300. The number of amides is 3. The van der Waals surface area contributed by atoms with Crippen LogP contribution in [0, 0.1) is 0 Å². The number of nitrogens with two attached hydrogens (primary N) is 1. The van der Waals surface area contributed by atoms with Gasteiger partial charge in [0.25, 0.3) is 5.91 Å². The van der Waals surface area contributed by atoms with Crippen LogP contribution in [0.3, 0.4) is 0 Å². The molecular formula is C20H23N3O2. The Morgan fingerprint density at radius 3 is 2.20 bits per heavy atom. The molecule has 3 rings (SSSR count). The smallest absolute Gasteiger partial charge is 0.312 e. The molecule has 25 heavy (non-hydrogen) atoms. The van der Waals surface area contributed by atoms with Gasteiger partial charge in [0.05, 0.1) is 0 Å². The molecule has 2 aromatic carbocycles. The lowest BCUT2D eigenvalue weighted by molar-refractivity contribution is 0.0928. The van der Waals surface area contributed by atoms with Gasteiger partial charge in [0.1, 0.15) is 0 Å². The highest BCUT2D eigenvalue weighted by Crippen LogP contribution is 2.43. The summed E-state index contributed by atoms with van der Waals surface area (Å²) >= 11 is 0. The highest BCUT2D eigenvalue weighted by molar-refractivity contribution is 5.94. The minimum Gasteiger partial charge on any atom is -0.352 e. The summed E-state index contributed by atoms with van der Waals surface area (Å²) in [7, 11) is 0.